The lowest BCUT2D eigenvalue weighted by molar-refractivity contribution is -0.128. The summed E-state index contributed by atoms with van der Waals surface area (Å²) >= 11 is 0. The minimum Gasteiger partial charge on any atom is -0.508 e. The Labute approximate surface area is 112 Å². The summed E-state index contributed by atoms with van der Waals surface area (Å²) in [4.78, 5) is 23.4. The molecular weight excluding hydrogens is 244 g/mol. The average Bonchev–Trinajstić information content (AvgIpc) is 2.40. The van der Waals surface area contributed by atoms with Crippen molar-refractivity contribution in [2.24, 2.45) is 5.73 Å². The van der Waals surface area contributed by atoms with Crippen molar-refractivity contribution < 1.29 is 14.7 Å². The third-order valence-corrected chi connectivity index (χ3v) is 3.07. The predicted octanol–water partition coefficient (Wildman–Crippen LogP) is 0.398. The number of nitrogens with two attached hydrogens (primary N) is 1. The number of carbonyl (C=O) groups is 2. The number of hydrogen-bond acceptors (Lipinski definition) is 5. The van der Waals surface area contributed by atoms with Crippen molar-refractivity contribution in [3.05, 3.63) is 29.8 Å². The molecule has 0 unspecified atom stereocenters. The molecule has 0 saturated carbocycles. The van der Waals surface area contributed by atoms with Crippen LogP contribution in [0.25, 0.3) is 0 Å². The highest BCUT2D eigenvalue weighted by Gasteiger charge is 2.20. The highest BCUT2D eigenvalue weighted by molar-refractivity contribution is 6.03. The van der Waals surface area contributed by atoms with Gasteiger partial charge < -0.3 is 16.2 Å². The largest absolute Gasteiger partial charge is 0.508 e. The second-order valence-electron chi connectivity index (χ2n) is 4.60. The number of benzene rings is 1. The van der Waals surface area contributed by atoms with E-state index >= 15 is 0 Å². The molecule has 0 aromatic heterocycles. The fraction of sp³-hybridized carbons (Fsp3) is 0.429. The molecule has 0 bridgehead atoms. The summed E-state index contributed by atoms with van der Waals surface area (Å²) < 4.78 is 0. The lowest BCUT2D eigenvalue weighted by atomic mass is 9.98. The number of Topliss-reactive ketones (excluding diaryl/α,β-unsaturated/α-hetero) is 2. The van der Waals surface area contributed by atoms with Crippen molar-refractivity contribution in [2.75, 3.05) is 7.05 Å². The Hall–Kier alpha value is -1.72. The van der Waals surface area contributed by atoms with Crippen LogP contribution in [0.5, 0.6) is 5.75 Å². The first kappa shape index (κ1) is 15.3. The molecule has 0 amide bonds. The molecule has 0 fully saturated rings. The average molecular weight is 264 g/mol. The van der Waals surface area contributed by atoms with E-state index in [1.54, 1.807) is 38.2 Å². The zero-order chi connectivity index (χ0) is 14.4. The molecule has 0 spiro atoms. The summed E-state index contributed by atoms with van der Waals surface area (Å²) in [7, 11) is 1.67. The van der Waals surface area contributed by atoms with Gasteiger partial charge in [-0.25, -0.2) is 0 Å². The summed E-state index contributed by atoms with van der Waals surface area (Å²) in [6.45, 7) is 1.71. The van der Waals surface area contributed by atoms with Crippen LogP contribution >= 0.6 is 0 Å². The van der Waals surface area contributed by atoms with Gasteiger partial charge in [0.15, 0.2) is 11.6 Å². The number of phenolic OH excluding ortho intramolecular Hbond substituents is 1. The third-order valence-electron chi connectivity index (χ3n) is 3.07. The van der Waals surface area contributed by atoms with E-state index in [2.05, 4.69) is 5.32 Å². The Bertz CT molecular complexity index is 443. The lowest BCUT2D eigenvalue weighted by Gasteiger charge is -2.12. The molecule has 1 aromatic rings. The number of likely N-dealkylation sites (N-methyl/N-ethyl adjacent to an activating group) is 1. The molecule has 5 heteroatoms. The Kier molecular flexibility index (Phi) is 5.66. The number of hydrogen-bond donors (Lipinski definition) is 3. The molecule has 0 aliphatic heterocycles. The second-order valence-corrected chi connectivity index (χ2v) is 4.60. The van der Waals surface area contributed by atoms with Gasteiger partial charge in [0.1, 0.15) is 5.75 Å². The Morgan fingerprint density at radius 2 is 1.84 bits per heavy atom. The molecule has 19 heavy (non-hydrogen) atoms. The van der Waals surface area contributed by atoms with E-state index in [0.29, 0.717) is 6.42 Å². The topological polar surface area (TPSA) is 92.4 Å². The second kappa shape index (κ2) is 7.01. The monoisotopic (exact) mass is 264 g/mol. The molecular formula is C14H20N2O3. The quantitative estimate of drug-likeness (QED) is 0.620. The van der Waals surface area contributed by atoms with Crippen LogP contribution in [0.2, 0.25) is 0 Å². The van der Waals surface area contributed by atoms with Crippen LogP contribution in [0.3, 0.4) is 0 Å². The highest BCUT2D eigenvalue weighted by atomic mass is 16.3. The maximum absolute atomic E-state index is 11.8. The van der Waals surface area contributed by atoms with E-state index in [1.807, 2.05) is 0 Å². The van der Waals surface area contributed by atoms with Gasteiger partial charge in [0.25, 0.3) is 0 Å². The van der Waals surface area contributed by atoms with Gasteiger partial charge in [-0.15, -0.1) is 0 Å². The molecule has 104 valence electrons. The third kappa shape index (κ3) is 4.81. The van der Waals surface area contributed by atoms with Crippen LogP contribution in [0, 0.1) is 0 Å². The van der Waals surface area contributed by atoms with E-state index in [4.69, 9.17) is 10.8 Å². The van der Waals surface area contributed by atoms with E-state index in [1.165, 1.54) is 0 Å². The van der Waals surface area contributed by atoms with Crippen molar-refractivity contribution in [1.82, 2.24) is 5.32 Å². The maximum atomic E-state index is 11.8. The lowest BCUT2D eigenvalue weighted by Crippen LogP contribution is -2.38. The molecule has 1 aromatic carbocycles. The minimum atomic E-state index is -0.697. The van der Waals surface area contributed by atoms with E-state index in [9.17, 15) is 9.59 Å². The molecule has 0 radical (unpaired) electrons. The zero-order valence-electron chi connectivity index (χ0n) is 11.2. The molecule has 0 saturated heterocycles. The van der Waals surface area contributed by atoms with Gasteiger partial charge in [-0.3, -0.25) is 9.59 Å². The number of rotatable bonds is 7. The summed E-state index contributed by atoms with van der Waals surface area (Å²) in [5.41, 5.74) is 6.65. The van der Waals surface area contributed by atoms with Crippen LogP contribution < -0.4 is 11.1 Å². The van der Waals surface area contributed by atoms with Crippen LogP contribution in [0.4, 0.5) is 0 Å². The molecule has 2 atom stereocenters. The summed E-state index contributed by atoms with van der Waals surface area (Å²) in [5, 5.41) is 12.0. The SMILES string of the molecule is CN[C@@H](C)C(=O)CC(=O)[C@@H](N)Cc1ccc(O)cc1. The zero-order valence-corrected chi connectivity index (χ0v) is 11.2. The first-order valence-corrected chi connectivity index (χ1v) is 6.20. The van der Waals surface area contributed by atoms with Crippen molar-refractivity contribution >= 4 is 11.6 Å². The van der Waals surface area contributed by atoms with Crippen LogP contribution in [-0.2, 0) is 16.0 Å². The van der Waals surface area contributed by atoms with Gasteiger partial charge in [-0.1, -0.05) is 12.1 Å². The van der Waals surface area contributed by atoms with E-state index in [-0.39, 0.29) is 29.8 Å². The van der Waals surface area contributed by atoms with Gasteiger partial charge in [-0.2, -0.15) is 0 Å². The van der Waals surface area contributed by atoms with Crippen molar-refractivity contribution in [2.45, 2.75) is 31.8 Å². The summed E-state index contributed by atoms with van der Waals surface area (Å²) in [6, 6.07) is 5.46. The van der Waals surface area contributed by atoms with Gasteiger partial charge in [0.2, 0.25) is 0 Å². The van der Waals surface area contributed by atoms with E-state index < -0.39 is 6.04 Å². The van der Waals surface area contributed by atoms with Gasteiger partial charge >= 0.3 is 0 Å². The first-order chi connectivity index (χ1) is 8.93. The number of carbonyl (C=O) groups excluding carboxylic acids is 2. The first-order valence-electron chi connectivity index (χ1n) is 6.20. The van der Waals surface area contributed by atoms with E-state index in [0.717, 1.165) is 5.56 Å². The molecule has 1 rings (SSSR count). The maximum Gasteiger partial charge on any atom is 0.157 e. The highest BCUT2D eigenvalue weighted by Crippen LogP contribution is 2.11. The number of ketones is 2. The van der Waals surface area contributed by atoms with Crippen LogP contribution in [0.1, 0.15) is 18.9 Å². The Morgan fingerprint density at radius 1 is 1.26 bits per heavy atom. The Balaban J connectivity index is 2.53. The van der Waals surface area contributed by atoms with Crippen LogP contribution in [-0.4, -0.2) is 35.8 Å². The predicted molar refractivity (Wildman–Crippen MR) is 72.9 cm³/mol. The van der Waals surface area contributed by atoms with Crippen molar-refractivity contribution in [1.29, 1.82) is 0 Å². The number of phenols is 1. The molecule has 0 aliphatic carbocycles. The van der Waals surface area contributed by atoms with Gasteiger partial charge in [0, 0.05) is 0 Å². The van der Waals surface area contributed by atoms with Crippen molar-refractivity contribution in [3.8, 4) is 5.75 Å². The fourth-order valence-electron chi connectivity index (χ4n) is 1.62. The van der Waals surface area contributed by atoms with Gasteiger partial charge in [0.05, 0.1) is 18.5 Å². The molecule has 0 heterocycles. The smallest absolute Gasteiger partial charge is 0.157 e. The fourth-order valence-corrected chi connectivity index (χ4v) is 1.62. The normalized spacial score (nSPS) is 13.8. The van der Waals surface area contributed by atoms with Gasteiger partial charge in [-0.05, 0) is 38.1 Å². The summed E-state index contributed by atoms with van der Waals surface area (Å²) in [6.07, 6.45) is 0.210. The van der Waals surface area contributed by atoms with Crippen molar-refractivity contribution in [3.63, 3.8) is 0 Å². The number of aromatic hydroxyl groups is 1. The standard InChI is InChI=1S/C14H20N2O3/c1-9(16-2)13(18)8-14(19)12(15)7-10-3-5-11(17)6-4-10/h3-6,9,12,16-17H,7-8,15H2,1-2H3/t9-,12-/m0/s1. The summed E-state index contributed by atoms with van der Waals surface area (Å²) in [5.74, 6) is -0.254. The minimum absolute atomic E-state index is 0.152. The molecule has 0 aliphatic rings. The van der Waals surface area contributed by atoms with Crippen LogP contribution in [0.15, 0.2) is 24.3 Å². The number of nitrogens with one attached hydrogen (secondary N) is 1. The Morgan fingerprint density at radius 3 is 2.37 bits per heavy atom. The molecule has 4 N–H and O–H groups in total. The molecule has 5 nitrogen and oxygen atoms in total.